The zero-order chi connectivity index (χ0) is 16.3. The zero-order valence-electron chi connectivity index (χ0n) is 12.6. The average molecular weight is 346 g/mol. The van der Waals surface area contributed by atoms with E-state index < -0.39 is 10.0 Å². The van der Waals surface area contributed by atoms with Gasteiger partial charge >= 0.3 is 0 Å². The molecule has 1 fully saturated rings. The van der Waals surface area contributed by atoms with Gasteiger partial charge in [0.25, 0.3) is 5.91 Å². The summed E-state index contributed by atoms with van der Waals surface area (Å²) in [5, 5.41) is 3.18. The maximum Gasteiger partial charge on any atom is 0.251 e. The summed E-state index contributed by atoms with van der Waals surface area (Å²) < 4.78 is 24.7. The fraction of sp³-hybridized carbons (Fsp3) is 0.500. The summed E-state index contributed by atoms with van der Waals surface area (Å²) in [6.45, 7) is 1.92. The molecular formula is C14H20ClN3O3S. The van der Waals surface area contributed by atoms with Gasteiger partial charge in [-0.3, -0.25) is 9.52 Å². The van der Waals surface area contributed by atoms with Crippen molar-refractivity contribution in [3.05, 3.63) is 28.8 Å². The lowest BCUT2D eigenvalue weighted by molar-refractivity contribution is 0.0917. The number of hydrogen-bond donors (Lipinski definition) is 2. The van der Waals surface area contributed by atoms with Crippen LogP contribution in [-0.2, 0) is 10.0 Å². The van der Waals surface area contributed by atoms with Crippen LogP contribution in [0.1, 0.15) is 23.2 Å². The Morgan fingerprint density at radius 2 is 1.95 bits per heavy atom. The Labute approximate surface area is 135 Å². The smallest absolute Gasteiger partial charge is 0.251 e. The number of hydrogen-bond acceptors (Lipinski definition) is 4. The predicted octanol–water partition coefficient (Wildman–Crippen LogP) is 1.54. The first-order chi connectivity index (χ1) is 10.2. The van der Waals surface area contributed by atoms with E-state index in [1.54, 1.807) is 6.07 Å². The van der Waals surface area contributed by atoms with E-state index in [-0.39, 0.29) is 22.7 Å². The van der Waals surface area contributed by atoms with E-state index in [9.17, 15) is 13.2 Å². The molecule has 1 aliphatic heterocycles. The molecule has 1 aromatic rings. The van der Waals surface area contributed by atoms with Gasteiger partial charge in [0.05, 0.1) is 17.0 Å². The third-order valence-corrected chi connectivity index (χ3v) is 4.48. The fourth-order valence-electron chi connectivity index (χ4n) is 2.36. The SMILES string of the molecule is CN1CCC(NC(=O)c2ccc(NS(C)(=O)=O)c(Cl)c2)CC1. The van der Waals surface area contributed by atoms with Crippen molar-refractivity contribution >= 4 is 33.2 Å². The van der Waals surface area contributed by atoms with Crippen LogP contribution in [0.2, 0.25) is 5.02 Å². The molecule has 2 rings (SSSR count). The summed E-state index contributed by atoms with van der Waals surface area (Å²) in [6, 6.07) is 4.69. The molecule has 1 aromatic carbocycles. The van der Waals surface area contributed by atoms with Gasteiger partial charge in [0.2, 0.25) is 10.0 Å². The number of amides is 1. The van der Waals surface area contributed by atoms with Crippen LogP contribution in [0.3, 0.4) is 0 Å². The van der Waals surface area contributed by atoms with Gasteiger partial charge in [0.1, 0.15) is 0 Å². The minimum absolute atomic E-state index is 0.163. The van der Waals surface area contributed by atoms with E-state index >= 15 is 0 Å². The Bertz CT molecular complexity index is 655. The van der Waals surface area contributed by atoms with Crippen molar-refractivity contribution < 1.29 is 13.2 Å². The van der Waals surface area contributed by atoms with E-state index in [4.69, 9.17) is 11.6 Å². The zero-order valence-corrected chi connectivity index (χ0v) is 14.2. The van der Waals surface area contributed by atoms with Gasteiger partial charge in [-0.15, -0.1) is 0 Å². The van der Waals surface area contributed by atoms with Crippen LogP contribution < -0.4 is 10.0 Å². The van der Waals surface area contributed by atoms with Crippen LogP contribution >= 0.6 is 11.6 Å². The predicted molar refractivity (Wildman–Crippen MR) is 87.9 cm³/mol. The number of halogens is 1. The van der Waals surface area contributed by atoms with Gasteiger partial charge in [-0.05, 0) is 51.2 Å². The second kappa shape index (κ2) is 6.85. The molecule has 6 nitrogen and oxygen atoms in total. The largest absolute Gasteiger partial charge is 0.349 e. The molecule has 1 amide bonds. The highest BCUT2D eigenvalue weighted by atomic mass is 35.5. The first-order valence-electron chi connectivity index (χ1n) is 7.01. The Balaban J connectivity index is 2.03. The van der Waals surface area contributed by atoms with Crippen molar-refractivity contribution in [2.75, 3.05) is 31.1 Å². The highest BCUT2D eigenvalue weighted by Gasteiger charge is 2.19. The maximum absolute atomic E-state index is 12.2. The van der Waals surface area contributed by atoms with Gasteiger partial charge in [-0.1, -0.05) is 11.6 Å². The number of rotatable bonds is 4. The molecule has 1 saturated heterocycles. The summed E-state index contributed by atoms with van der Waals surface area (Å²) in [5.41, 5.74) is 0.683. The number of carbonyl (C=O) groups excluding carboxylic acids is 1. The molecule has 0 aliphatic carbocycles. The third kappa shape index (κ3) is 4.86. The lowest BCUT2D eigenvalue weighted by atomic mass is 10.0. The van der Waals surface area contributed by atoms with Gasteiger partial charge < -0.3 is 10.2 Å². The highest BCUT2D eigenvalue weighted by Crippen LogP contribution is 2.24. The van der Waals surface area contributed by atoms with Crippen LogP contribution in [0.4, 0.5) is 5.69 Å². The second-order valence-electron chi connectivity index (χ2n) is 5.62. The maximum atomic E-state index is 12.2. The van der Waals surface area contributed by atoms with Crippen LogP contribution in [-0.4, -0.2) is 51.7 Å². The number of carbonyl (C=O) groups is 1. The van der Waals surface area contributed by atoms with Gasteiger partial charge in [-0.2, -0.15) is 0 Å². The van der Waals surface area contributed by atoms with E-state index in [0.29, 0.717) is 5.56 Å². The molecule has 0 unspecified atom stereocenters. The molecule has 1 aliphatic rings. The van der Waals surface area contributed by atoms with Crippen molar-refractivity contribution in [2.24, 2.45) is 0 Å². The minimum Gasteiger partial charge on any atom is -0.349 e. The van der Waals surface area contributed by atoms with E-state index in [0.717, 1.165) is 32.2 Å². The first-order valence-corrected chi connectivity index (χ1v) is 9.28. The first kappa shape index (κ1) is 17.1. The Hall–Kier alpha value is -1.31. The number of piperidine rings is 1. The Morgan fingerprint density at radius 3 is 2.50 bits per heavy atom. The van der Waals surface area contributed by atoms with Crippen LogP contribution in [0.15, 0.2) is 18.2 Å². The number of likely N-dealkylation sites (tertiary alicyclic amines) is 1. The second-order valence-corrected chi connectivity index (χ2v) is 7.78. The Morgan fingerprint density at radius 1 is 1.32 bits per heavy atom. The average Bonchev–Trinajstić information content (AvgIpc) is 2.42. The standard InChI is InChI=1S/C14H20ClN3O3S/c1-18-7-5-11(6-8-18)16-14(19)10-3-4-13(12(15)9-10)17-22(2,20)21/h3-4,9,11,17H,5-8H2,1-2H3,(H,16,19). The Kier molecular flexibility index (Phi) is 5.31. The van der Waals surface area contributed by atoms with Crippen LogP contribution in [0.25, 0.3) is 0 Å². The molecule has 22 heavy (non-hydrogen) atoms. The van der Waals surface area contributed by atoms with Crippen LogP contribution in [0.5, 0.6) is 0 Å². The topological polar surface area (TPSA) is 78.5 Å². The highest BCUT2D eigenvalue weighted by molar-refractivity contribution is 7.92. The molecule has 0 aromatic heterocycles. The van der Waals surface area contributed by atoms with Crippen molar-refractivity contribution in [3.8, 4) is 0 Å². The molecule has 2 N–H and O–H groups in total. The summed E-state index contributed by atoms with van der Waals surface area (Å²) in [7, 11) is -1.34. The third-order valence-electron chi connectivity index (χ3n) is 3.58. The number of benzene rings is 1. The molecule has 8 heteroatoms. The molecule has 0 atom stereocenters. The molecule has 1 heterocycles. The van der Waals surface area contributed by atoms with Crippen molar-refractivity contribution in [1.29, 1.82) is 0 Å². The summed E-state index contributed by atoms with van der Waals surface area (Å²) in [6.07, 6.45) is 2.89. The normalized spacial score (nSPS) is 17.2. The van der Waals surface area contributed by atoms with Gasteiger partial charge in [-0.25, -0.2) is 8.42 Å². The van der Waals surface area contributed by atoms with Crippen molar-refractivity contribution in [1.82, 2.24) is 10.2 Å². The van der Waals surface area contributed by atoms with E-state index in [1.165, 1.54) is 12.1 Å². The summed E-state index contributed by atoms with van der Waals surface area (Å²) in [5.74, 6) is -0.192. The monoisotopic (exact) mass is 345 g/mol. The molecule has 0 spiro atoms. The van der Waals surface area contributed by atoms with E-state index in [1.807, 2.05) is 0 Å². The molecular weight excluding hydrogens is 326 g/mol. The van der Waals surface area contributed by atoms with Crippen molar-refractivity contribution in [2.45, 2.75) is 18.9 Å². The fourth-order valence-corrected chi connectivity index (χ4v) is 3.22. The minimum atomic E-state index is -3.40. The van der Waals surface area contributed by atoms with E-state index in [2.05, 4.69) is 22.0 Å². The number of anilines is 1. The molecule has 0 bridgehead atoms. The summed E-state index contributed by atoms with van der Waals surface area (Å²) in [4.78, 5) is 14.4. The summed E-state index contributed by atoms with van der Waals surface area (Å²) >= 11 is 6.03. The number of nitrogens with zero attached hydrogens (tertiary/aromatic N) is 1. The van der Waals surface area contributed by atoms with Crippen molar-refractivity contribution in [3.63, 3.8) is 0 Å². The number of nitrogens with one attached hydrogen (secondary N) is 2. The lowest BCUT2D eigenvalue weighted by Crippen LogP contribution is -2.43. The quantitative estimate of drug-likeness (QED) is 0.867. The van der Waals surface area contributed by atoms with Gasteiger partial charge in [0.15, 0.2) is 0 Å². The van der Waals surface area contributed by atoms with Gasteiger partial charge in [0, 0.05) is 11.6 Å². The molecule has 0 saturated carbocycles. The lowest BCUT2D eigenvalue weighted by Gasteiger charge is -2.29. The van der Waals surface area contributed by atoms with Crippen LogP contribution in [0, 0.1) is 0 Å². The molecule has 0 radical (unpaired) electrons. The number of sulfonamides is 1. The molecule has 122 valence electrons.